The molecule has 7 nitrogen and oxygen atoms in total. The second-order valence-corrected chi connectivity index (χ2v) is 6.94. The van der Waals surface area contributed by atoms with Crippen molar-refractivity contribution in [1.82, 2.24) is 10.2 Å². The number of nitrogens with one attached hydrogen (secondary N) is 1. The lowest BCUT2D eigenvalue weighted by atomic mass is 9.97. The monoisotopic (exact) mass is 360 g/mol. The number of nitrogens with zero attached hydrogens (tertiary/aromatic N) is 2. The normalized spacial score (nSPS) is 21.4. The van der Waals surface area contributed by atoms with E-state index in [9.17, 15) is 9.59 Å². The molecule has 0 bridgehead atoms. The van der Waals surface area contributed by atoms with Crippen molar-refractivity contribution in [2.45, 2.75) is 12.8 Å². The molecule has 3 rings (SSSR count). The van der Waals surface area contributed by atoms with Gasteiger partial charge in [0.2, 0.25) is 5.91 Å². The van der Waals surface area contributed by atoms with Gasteiger partial charge in [-0.2, -0.15) is 0 Å². The van der Waals surface area contributed by atoms with Gasteiger partial charge in [0.25, 0.3) is 5.91 Å². The number of carbonyl (C=O) groups is 2. The topological polar surface area (TPSA) is 87.9 Å². The van der Waals surface area contributed by atoms with E-state index in [0.717, 1.165) is 57.9 Å². The first kappa shape index (κ1) is 18.7. The summed E-state index contributed by atoms with van der Waals surface area (Å²) in [5.41, 5.74) is 7.19. The number of morpholine rings is 1. The summed E-state index contributed by atoms with van der Waals surface area (Å²) in [5, 5.41) is 2.96. The smallest absolute Gasteiger partial charge is 0.251 e. The van der Waals surface area contributed by atoms with Gasteiger partial charge in [0.15, 0.2) is 0 Å². The standard InChI is InChI=1S/C19H28N4O3/c20-18(24)16-2-1-8-22(14-16)9-7-21-19(25)15-3-5-17(6-4-15)23-10-12-26-13-11-23/h3-6,16H,1-2,7-14H2,(H2,20,24)(H,21,25). The van der Waals surface area contributed by atoms with Crippen LogP contribution in [-0.4, -0.2) is 69.2 Å². The average molecular weight is 360 g/mol. The number of hydrogen-bond acceptors (Lipinski definition) is 5. The number of anilines is 1. The summed E-state index contributed by atoms with van der Waals surface area (Å²) in [6, 6.07) is 7.71. The van der Waals surface area contributed by atoms with Gasteiger partial charge in [0.05, 0.1) is 19.1 Å². The fourth-order valence-corrected chi connectivity index (χ4v) is 3.57. The first-order valence-electron chi connectivity index (χ1n) is 9.36. The number of hydrogen-bond donors (Lipinski definition) is 2. The third kappa shape index (κ3) is 4.95. The lowest BCUT2D eigenvalue weighted by Crippen LogP contribution is -2.44. The van der Waals surface area contributed by atoms with Gasteiger partial charge in [-0.3, -0.25) is 9.59 Å². The Hall–Kier alpha value is -2.12. The molecule has 26 heavy (non-hydrogen) atoms. The molecule has 1 unspecified atom stereocenters. The van der Waals surface area contributed by atoms with E-state index in [4.69, 9.17) is 10.5 Å². The first-order valence-corrected chi connectivity index (χ1v) is 9.36. The number of primary amides is 1. The highest BCUT2D eigenvalue weighted by molar-refractivity contribution is 5.94. The molecule has 0 saturated carbocycles. The molecule has 2 heterocycles. The van der Waals surface area contributed by atoms with E-state index in [0.29, 0.717) is 18.7 Å². The first-order chi connectivity index (χ1) is 12.6. The van der Waals surface area contributed by atoms with Gasteiger partial charge in [-0.1, -0.05) is 0 Å². The molecule has 0 radical (unpaired) electrons. The summed E-state index contributed by atoms with van der Waals surface area (Å²) in [6.45, 7) is 6.20. The van der Waals surface area contributed by atoms with Crippen LogP contribution in [0, 0.1) is 5.92 Å². The second kappa shape index (κ2) is 9.00. The summed E-state index contributed by atoms with van der Waals surface area (Å²) in [7, 11) is 0. The van der Waals surface area contributed by atoms with Gasteiger partial charge in [0.1, 0.15) is 0 Å². The number of amides is 2. The number of benzene rings is 1. The van der Waals surface area contributed by atoms with Crippen LogP contribution in [0.5, 0.6) is 0 Å². The molecular formula is C19H28N4O3. The zero-order valence-electron chi connectivity index (χ0n) is 15.2. The lowest BCUT2D eigenvalue weighted by molar-refractivity contribution is -0.123. The van der Waals surface area contributed by atoms with E-state index in [1.165, 1.54) is 0 Å². The fourth-order valence-electron chi connectivity index (χ4n) is 3.57. The average Bonchev–Trinajstić information content (AvgIpc) is 2.69. The fraction of sp³-hybridized carbons (Fsp3) is 0.579. The van der Waals surface area contributed by atoms with Gasteiger partial charge < -0.3 is 25.6 Å². The van der Waals surface area contributed by atoms with Crippen LogP contribution in [0.25, 0.3) is 0 Å². The number of ether oxygens (including phenoxy) is 1. The van der Waals surface area contributed by atoms with Crippen molar-refractivity contribution < 1.29 is 14.3 Å². The highest BCUT2D eigenvalue weighted by Crippen LogP contribution is 2.17. The molecule has 2 aliphatic rings. The quantitative estimate of drug-likeness (QED) is 0.769. The van der Waals surface area contributed by atoms with Crippen LogP contribution in [0.3, 0.4) is 0 Å². The number of likely N-dealkylation sites (tertiary alicyclic amines) is 1. The summed E-state index contributed by atoms with van der Waals surface area (Å²) >= 11 is 0. The van der Waals surface area contributed by atoms with Crippen molar-refractivity contribution in [3.05, 3.63) is 29.8 Å². The van der Waals surface area contributed by atoms with Crippen molar-refractivity contribution >= 4 is 17.5 Å². The maximum atomic E-state index is 12.3. The van der Waals surface area contributed by atoms with Crippen LogP contribution < -0.4 is 16.0 Å². The summed E-state index contributed by atoms with van der Waals surface area (Å²) < 4.78 is 5.36. The molecule has 0 aliphatic carbocycles. The van der Waals surface area contributed by atoms with Crippen molar-refractivity contribution in [3.63, 3.8) is 0 Å². The molecule has 0 aromatic heterocycles. The van der Waals surface area contributed by atoms with Crippen molar-refractivity contribution in [2.75, 3.05) is 57.4 Å². The van der Waals surface area contributed by atoms with Crippen LogP contribution in [0.4, 0.5) is 5.69 Å². The van der Waals surface area contributed by atoms with Gasteiger partial charge in [0, 0.05) is 44.0 Å². The van der Waals surface area contributed by atoms with Crippen LogP contribution in [0.1, 0.15) is 23.2 Å². The van der Waals surface area contributed by atoms with E-state index in [-0.39, 0.29) is 17.7 Å². The highest BCUT2D eigenvalue weighted by Gasteiger charge is 2.23. The van der Waals surface area contributed by atoms with Gasteiger partial charge in [-0.05, 0) is 43.7 Å². The minimum Gasteiger partial charge on any atom is -0.378 e. The Bertz CT molecular complexity index is 614. The molecule has 1 aromatic carbocycles. The zero-order chi connectivity index (χ0) is 18.4. The third-order valence-corrected chi connectivity index (χ3v) is 5.13. The van der Waals surface area contributed by atoms with Crippen molar-refractivity contribution in [2.24, 2.45) is 11.7 Å². The molecular weight excluding hydrogens is 332 g/mol. The van der Waals surface area contributed by atoms with Crippen molar-refractivity contribution in [1.29, 1.82) is 0 Å². The van der Waals surface area contributed by atoms with E-state index in [1.807, 2.05) is 24.3 Å². The van der Waals surface area contributed by atoms with Gasteiger partial charge in [-0.15, -0.1) is 0 Å². The Labute approximate surface area is 154 Å². The van der Waals surface area contributed by atoms with Gasteiger partial charge >= 0.3 is 0 Å². The summed E-state index contributed by atoms with van der Waals surface area (Å²) in [5.74, 6) is -0.353. The van der Waals surface area contributed by atoms with E-state index < -0.39 is 0 Å². The van der Waals surface area contributed by atoms with Crippen LogP contribution in [0.2, 0.25) is 0 Å². The Morgan fingerprint density at radius 3 is 2.58 bits per heavy atom. The SMILES string of the molecule is NC(=O)C1CCCN(CCNC(=O)c2ccc(N3CCOCC3)cc2)C1. The summed E-state index contributed by atoms with van der Waals surface area (Å²) in [6.07, 6.45) is 1.85. The van der Waals surface area contributed by atoms with Crippen LogP contribution >= 0.6 is 0 Å². The van der Waals surface area contributed by atoms with E-state index >= 15 is 0 Å². The molecule has 2 saturated heterocycles. The molecule has 1 aromatic rings. The minimum atomic E-state index is -0.223. The highest BCUT2D eigenvalue weighted by atomic mass is 16.5. The Morgan fingerprint density at radius 1 is 1.15 bits per heavy atom. The number of piperidine rings is 1. The minimum absolute atomic E-state index is 0.0628. The largest absolute Gasteiger partial charge is 0.378 e. The Kier molecular flexibility index (Phi) is 6.46. The zero-order valence-corrected chi connectivity index (χ0v) is 15.2. The molecule has 3 N–H and O–H groups in total. The molecule has 0 spiro atoms. The third-order valence-electron chi connectivity index (χ3n) is 5.13. The molecule has 2 fully saturated rings. The van der Waals surface area contributed by atoms with Crippen molar-refractivity contribution in [3.8, 4) is 0 Å². The number of nitrogens with two attached hydrogens (primary N) is 1. The summed E-state index contributed by atoms with van der Waals surface area (Å²) in [4.78, 5) is 28.1. The number of carbonyl (C=O) groups excluding carboxylic acids is 2. The molecule has 7 heteroatoms. The number of rotatable bonds is 6. The molecule has 2 aliphatic heterocycles. The predicted molar refractivity (Wildman–Crippen MR) is 100 cm³/mol. The van der Waals surface area contributed by atoms with Crippen LogP contribution in [0.15, 0.2) is 24.3 Å². The molecule has 1 atom stereocenters. The van der Waals surface area contributed by atoms with E-state index in [2.05, 4.69) is 15.1 Å². The second-order valence-electron chi connectivity index (χ2n) is 6.94. The maximum absolute atomic E-state index is 12.3. The lowest BCUT2D eigenvalue weighted by Gasteiger charge is -2.31. The molecule has 142 valence electrons. The van der Waals surface area contributed by atoms with E-state index in [1.54, 1.807) is 0 Å². The predicted octanol–water partition coefficient (Wildman–Crippen LogP) is 0.450. The molecule has 2 amide bonds. The Morgan fingerprint density at radius 2 is 1.88 bits per heavy atom. The van der Waals surface area contributed by atoms with Crippen LogP contribution in [-0.2, 0) is 9.53 Å². The van der Waals surface area contributed by atoms with Gasteiger partial charge in [-0.25, -0.2) is 0 Å². The Balaban J connectivity index is 1.44. The maximum Gasteiger partial charge on any atom is 0.251 e.